The number of morpholine rings is 1. The third-order valence-corrected chi connectivity index (χ3v) is 4.27. The summed E-state index contributed by atoms with van der Waals surface area (Å²) in [6, 6.07) is 7.44. The van der Waals surface area contributed by atoms with Crippen LogP contribution in [-0.4, -0.2) is 54.7 Å². The summed E-state index contributed by atoms with van der Waals surface area (Å²) < 4.78 is 23.5. The van der Waals surface area contributed by atoms with Crippen LogP contribution in [0.25, 0.3) is 0 Å². The van der Waals surface area contributed by atoms with Crippen LogP contribution in [0, 0.1) is 12.7 Å². The molecule has 2 amide bonds. The molecule has 1 fully saturated rings. The second-order valence-electron chi connectivity index (χ2n) is 6.20. The maximum absolute atomic E-state index is 13.3. The molecule has 0 radical (unpaired) electrons. The van der Waals surface area contributed by atoms with Gasteiger partial charge in [0, 0.05) is 25.7 Å². The molecular weight excluding hydrogens is 355 g/mol. The second kappa shape index (κ2) is 8.74. The first-order valence-electron chi connectivity index (χ1n) is 8.62. The van der Waals surface area contributed by atoms with E-state index in [9.17, 15) is 14.0 Å². The van der Waals surface area contributed by atoms with Gasteiger partial charge < -0.3 is 14.6 Å². The van der Waals surface area contributed by atoms with Crippen LogP contribution in [0.4, 0.5) is 10.2 Å². The molecule has 2 heterocycles. The number of anilines is 1. The maximum Gasteiger partial charge on any atom is 0.314 e. The van der Waals surface area contributed by atoms with Crippen molar-refractivity contribution in [3.8, 4) is 0 Å². The van der Waals surface area contributed by atoms with Crippen molar-refractivity contribution in [3.05, 3.63) is 47.5 Å². The van der Waals surface area contributed by atoms with Crippen molar-refractivity contribution in [3.63, 3.8) is 0 Å². The lowest BCUT2D eigenvalue weighted by Gasteiger charge is -2.34. The molecule has 0 unspecified atom stereocenters. The van der Waals surface area contributed by atoms with Gasteiger partial charge in [0.25, 0.3) is 0 Å². The number of nitrogens with zero attached hydrogens (tertiary/aromatic N) is 2. The van der Waals surface area contributed by atoms with Gasteiger partial charge in [0.05, 0.1) is 19.3 Å². The monoisotopic (exact) mass is 376 g/mol. The normalized spacial score (nSPS) is 15.9. The highest BCUT2D eigenvalue weighted by atomic mass is 19.1. The quantitative estimate of drug-likeness (QED) is 0.763. The summed E-state index contributed by atoms with van der Waals surface area (Å²) in [5.74, 6) is -1.24. The molecule has 9 heteroatoms. The highest BCUT2D eigenvalue weighted by molar-refractivity contribution is 6.39. The smallest absolute Gasteiger partial charge is 0.314 e. The number of aromatic nitrogens is 1. The summed E-state index contributed by atoms with van der Waals surface area (Å²) >= 11 is 0. The van der Waals surface area contributed by atoms with E-state index in [-0.39, 0.29) is 24.2 Å². The van der Waals surface area contributed by atoms with Gasteiger partial charge in [-0.15, -0.1) is 0 Å². The first-order valence-corrected chi connectivity index (χ1v) is 8.62. The standard InChI is InChI=1S/C18H21FN4O4/c1-12-10-16(22-27-12)21-18(25)17(24)20-11-15(23-6-8-26-9-7-23)13-2-4-14(19)5-3-13/h2-5,10,15H,6-9,11H2,1H3,(H,20,24)(H,21,22,25)/t15-/m1/s1. The summed E-state index contributed by atoms with van der Waals surface area (Å²) in [5.41, 5.74) is 0.853. The third kappa shape index (κ3) is 5.11. The van der Waals surface area contributed by atoms with E-state index in [1.165, 1.54) is 18.2 Å². The zero-order chi connectivity index (χ0) is 19.2. The Kier molecular flexibility index (Phi) is 6.15. The molecule has 144 valence electrons. The number of nitrogens with one attached hydrogen (secondary N) is 2. The molecule has 0 aliphatic carbocycles. The van der Waals surface area contributed by atoms with Gasteiger partial charge >= 0.3 is 11.8 Å². The summed E-state index contributed by atoms with van der Waals surface area (Å²) in [4.78, 5) is 26.3. The molecule has 2 aromatic rings. The van der Waals surface area contributed by atoms with Crippen LogP contribution in [-0.2, 0) is 14.3 Å². The topological polar surface area (TPSA) is 96.7 Å². The van der Waals surface area contributed by atoms with Gasteiger partial charge in [-0.3, -0.25) is 19.8 Å². The molecule has 1 aromatic heterocycles. The average Bonchev–Trinajstić information content (AvgIpc) is 3.08. The number of carbonyl (C=O) groups is 2. The van der Waals surface area contributed by atoms with Crippen LogP contribution in [0.1, 0.15) is 17.4 Å². The summed E-state index contributed by atoms with van der Waals surface area (Å²) in [5, 5.41) is 8.63. The van der Waals surface area contributed by atoms with Crippen molar-refractivity contribution in [1.82, 2.24) is 15.4 Å². The van der Waals surface area contributed by atoms with Crippen LogP contribution in [0.2, 0.25) is 0 Å². The molecular formula is C18H21FN4O4. The first-order chi connectivity index (χ1) is 13.0. The van der Waals surface area contributed by atoms with Gasteiger partial charge in [0.15, 0.2) is 5.82 Å². The van der Waals surface area contributed by atoms with Crippen molar-refractivity contribution in [2.75, 3.05) is 38.2 Å². The molecule has 1 aliphatic rings. The molecule has 1 aromatic carbocycles. The molecule has 1 atom stereocenters. The van der Waals surface area contributed by atoms with Crippen molar-refractivity contribution in [2.45, 2.75) is 13.0 Å². The van der Waals surface area contributed by atoms with Gasteiger partial charge in [-0.2, -0.15) is 0 Å². The SMILES string of the molecule is Cc1cc(NC(=O)C(=O)NC[C@H](c2ccc(F)cc2)N2CCOCC2)no1. The Morgan fingerprint density at radius 2 is 1.93 bits per heavy atom. The van der Waals surface area contributed by atoms with E-state index in [1.807, 2.05) is 0 Å². The Morgan fingerprint density at radius 3 is 2.56 bits per heavy atom. The predicted molar refractivity (Wildman–Crippen MR) is 94.4 cm³/mol. The van der Waals surface area contributed by atoms with Crippen LogP contribution in [0.5, 0.6) is 0 Å². The van der Waals surface area contributed by atoms with Crippen molar-refractivity contribution >= 4 is 17.6 Å². The average molecular weight is 376 g/mol. The van der Waals surface area contributed by atoms with Crippen LogP contribution in [0.15, 0.2) is 34.9 Å². The first kappa shape index (κ1) is 19.0. The molecule has 3 rings (SSSR count). The van der Waals surface area contributed by atoms with Crippen molar-refractivity contribution in [2.24, 2.45) is 0 Å². The molecule has 1 saturated heterocycles. The van der Waals surface area contributed by atoms with E-state index in [4.69, 9.17) is 9.26 Å². The largest absolute Gasteiger partial charge is 0.379 e. The van der Waals surface area contributed by atoms with Gasteiger partial charge in [-0.25, -0.2) is 4.39 Å². The number of benzene rings is 1. The van der Waals surface area contributed by atoms with E-state index in [1.54, 1.807) is 19.1 Å². The summed E-state index contributed by atoms with van der Waals surface area (Å²) in [6.07, 6.45) is 0. The number of hydrogen-bond donors (Lipinski definition) is 2. The number of ether oxygens (including phenoxy) is 1. The Morgan fingerprint density at radius 1 is 1.22 bits per heavy atom. The van der Waals surface area contributed by atoms with E-state index in [0.29, 0.717) is 32.1 Å². The van der Waals surface area contributed by atoms with Gasteiger partial charge in [-0.1, -0.05) is 17.3 Å². The van der Waals surface area contributed by atoms with Gasteiger partial charge in [0.2, 0.25) is 0 Å². The van der Waals surface area contributed by atoms with E-state index in [0.717, 1.165) is 5.56 Å². The van der Waals surface area contributed by atoms with Crippen molar-refractivity contribution < 1.29 is 23.2 Å². The van der Waals surface area contributed by atoms with Crippen LogP contribution < -0.4 is 10.6 Å². The summed E-state index contributed by atoms with van der Waals surface area (Å²) in [6.45, 7) is 4.41. The number of halogens is 1. The minimum Gasteiger partial charge on any atom is -0.379 e. The van der Waals surface area contributed by atoms with E-state index in [2.05, 4.69) is 20.7 Å². The van der Waals surface area contributed by atoms with E-state index < -0.39 is 11.8 Å². The highest BCUT2D eigenvalue weighted by Crippen LogP contribution is 2.21. The number of aryl methyl sites for hydroxylation is 1. The number of rotatable bonds is 5. The Balaban J connectivity index is 1.63. The lowest BCUT2D eigenvalue weighted by molar-refractivity contribution is -0.136. The Hall–Kier alpha value is -2.78. The Labute approximate surface area is 155 Å². The fourth-order valence-electron chi connectivity index (χ4n) is 2.90. The van der Waals surface area contributed by atoms with Gasteiger partial charge in [-0.05, 0) is 24.6 Å². The third-order valence-electron chi connectivity index (χ3n) is 4.27. The minimum absolute atomic E-state index is 0.177. The number of hydrogen-bond acceptors (Lipinski definition) is 6. The molecule has 2 N–H and O–H groups in total. The minimum atomic E-state index is -0.830. The molecule has 0 spiro atoms. The fourth-order valence-corrected chi connectivity index (χ4v) is 2.90. The molecule has 8 nitrogen and oxygen atoms in total. The van der Waals surface area contributed by atoms with Crippen molar-refractivity contribution in [1.29, 1.82) is 0 Å². The highest BCUT2D eigenvalue weighted by Gasteiger charge is 2.24. The zero-order valence-electron chi connectivity index (χ0n) is 14.9. The lowest BCUT2D eigenvalue weighted by Crippen LogP contribution is -2.45. The summed E-state index contributed by atoms with van der Waals surface area (Å²) in [7, 11) is 0. The predicted octanol–water partition coefficient (Wildman–Crippen LogP) is 1.25. The zero-order valence-corrected chi connectivity index (χ0v) is 14.9. The molecule has 0 saturated carbocycles. The molecule has 27 heavy (non-hydrogen) atoms. The molecule has 0 bridgehead atoms. The van der Waals surface area contributed by atoms with Crippen LogP contribution >= 0.6 is 0 Å². The Bertz CT molecular complexity index is 787. The maximum atomic E-state index is 13.3. The lowest BCUT2D eigenvalue weighted by atomic mass is 10.0. The fraction of sp³-hybridized carbons (Fsp3) is 0.389. The molecule has 1 aliphatic heterocycles. The van der Waals surface area contributed by atoms with E-state index >= 15 is 0 Å². The second-order valence-corrected chi connectivity index (χ2v) is 6.20. The number of amides is 2. The van der Waals surface area contributed by atoms with Crippen LogP contribution in [0.3, 0.4) is 0 Å². The number of carbonyl (C=O) groups excluding carboxylic acids is 2. The van der Waals surface area contributed by atoms with Gasteiger partial charge in [0.1, 0.15) is 11.6 Å².